The minimum Gasteiger partial charge on any atom is -0.329 e. The molecule has 0 aliphatic carbocycles. The lowest BCUT2D eigenvalue weighted by Crippen LogP contribution is -1.95. The van der Waals surface area contributed by atoms with Gasteiger partial charge in [0, 0.05) is 0 Å². The van der Waals surface area contributed by atoms with Crippen LogP contribution >= 0.6 is 23.8 Å². The summed E-state index contributed by atoms with van der Waals surface area (Å²) in [5.41, 5.74) is 3.39. The van der Waals surface area contributed by atoms with Gasteiger partial charge < -0.3 is 5.32 Å². The molecule has 1 N–H and O–H groups in total. The summed E-state index contributed by atoms with van der Waals surface area (Å²) in [5, 5.41) is 3.11. The van der Waals surface area contributed by atoms with Crippen LogP contribution in [-0.2, 0) is 0 Å². The van der Waals surface area contributed by atoms with E-state index in [1.807, 2.05) is 13.0 Å². The predicted molar refractivity (Wildman–Crippen MR) is 50.2 cm³/mol. The highest BCUT2D eigenvalue weighted by molar-refractivity contribution is 7.79. The van der Waals surface area contributed by atoms with E-state index >= 15 is 0 Å². The molecule has 0 amide bonds. The van der Waals surface area contributed by atoms with Gasteiger partial charge in [0.2, 0.25) is 0 Å². The maximum Gasteiger partial charge on any atom is 0.140 e. The van der Waals surface area contributed by atoms with Crippen LogP contribution in [0.5, 0.6) is 0 Å². The number of thiocarbonyl (C=S) groups is 1. The zero-order valence-electron chi connectivity index (χ0n) is 5.89. The zero-order valence-corrected chi connectivity index (χ0v) is 7.46. The van der Waals surface area contributed by atoms with Gasteiger partial charge in [-0.1, -0.05) is 23.8 Å². The Labute approximate surface area is 75.6 Å². The van der Waals surface area contributed by atoms with Crippen LogP contribution in [-0.4, -0.2) is 10.5 Å². The van der Waals surface area contributed by atoms with Gasteiger partial charge in [-0.05, 0) is 24.6 Å². The average molecular weight is 186 g/mol. The van der Waals surface area contributed by atoms with Crippen molar-refractivity contribution >= 4 is 35.1 Å². The van der Waals surface area contributed by atoms with E-state index in [0.29, 0.717) is 11.0 Å². The summed E-state index contributed by atoms with van der Waals surface area (Å²) in [4.78, 5) is 3.95. The molecular formula is C7H6ClN2S. The standard InChI is InChI=1S/C7H6ClN2S/c1-5-2-6(8)10-7(3-5)9-4-11/h2-3H,1H3,(H,9,10,11). The number of aromatic nitrogens is 1. The normalized spacial score (nSPS) is 9.27. The van der Waals surface area contributed by atoms with Crippen LogP contribution in [0.1, 0.15) is 5.56 Å². The summed E-state index contributed by atoms with van der Waals surface area (Å²) in [6.07, 6.45) is 0. The largest absolute Gasteiger partial charge is 0.329 e. The molecule has 1 aromatic heterocycles. The molecule has 0 saturated carbocycles. The molecule has 1 rings (SSSR count). The van der Waals surface area contributed by atoms with Crippen LogP contribution < -0.4 is 5.32 Å². The summed E-state index contributed by atoms with van der Waals surface area (Å²) in [6, 6.07) is 3.61. The third-order valence-electron chi connectivity index (χ3n) is 1.12. The van der Waals surface area contributed by atoms with E-state index in [2.05, 4.69) is 28.0 Å². The predicted octanol–water partition coefficient (Wildman–Crippen LogP) is 2.29. The van der Waals surface area contributed by atoms with E-state index in [0.717, 1.165) is 5.56 Å². The maximum absolute atomic E-state index is 5.67. The summed E-state index contributed by atoms with van der Waals surface area (Å²) < 4.78 is 0. The first-order valence-electron chi connectivity index (χ1n) is 3.00. The van der Waals surface area contributed by atoms with Gasteiger partial charge in [0.15, 0.2) is 0 Å². The van der Waals surface area contributed by atoms with E-state index in [1.54, 1.807) is 6.07 Å². The Hall–Kier alpha value is -0.670. The molecule has 11 heavy (non-hydrogen) atoms. The number of nitrogens with zero attached hydrogens (tertiary/aromatic N) is 1. The van der Waals surface area contributed by atoms with Crippen molar-refractivity contribution in [1.29, 1.82) is 0 Å². The zero-order chi connectivity index (χ0) is 8.27. The highest BCUT2D eigenvalue weighted by atomic mass is 35.5. The highest BCUT2D eigenvalue weighted by Gasteiger charge is 1.95. The van der Waals surface area contributed by atoms with Gasteiger partial charge in [0.1, 0.15) is 16.5 Å². The molecule has 1 heterocycles. The van der Waals surface area contributed by atoms with Crippen molar-refractivity contribution < 1.29 is 0 Å². The monoisotopic (exact) mass is 185 g/mol. The number of nitrogens with one attached hydrogen (secondary N) is 1. The number of aryl methyl sites for hydroxylation is 1. The molecule has 0 fully saturated rings. The van der Waals surface area contributed by atoms with E-state index in [1.165, 1.54) is 0 Å². The van der Waals surface area contributed by atoms with Crippen LogP contribution in [0.15, 0.2) is 12.1 Å². The Morgan fingerprint density at radius 2 is 2.36 bits per heavy atom. The smallest absolute Gasteiger partial charge is 0.140 e. The molecule has 1 aromatic rings. The van der Waals surface area contributed by atoms with Crippen LogP contribution in [0, 0.1) is 6.92 Å². The Morgan fingerprint density at radius 3 is 2.91 bits per heavy atom. The first kappa shape index (κ1) is 8.43. The Bertz CT molecular complexity index is 255. The first-order chi connectivity index (χ1) is 5.22. The van der Waals surface area contributed by atoms with Crippen LogP contribution in [0.4, 0.5) is 5.82 Å². The van der Waals surface area contributed by atoms with Crippen molar-refractivity contribution in [3.8, 4) is 0 Å². The summed E-state index contributed by atoms with van der Waals surface area (Å²) in [5.74, 6) is 0.630. The molecule has 0 bridgehead atoms. The molecule has 1 radical (unpaired) electrons. The maximum atomic E-state index is 5.67. The fourth-order valence-electron chi connectivity index (χ4n) is 0.741. The van der Waals surface area contributed by atoms with Gasteiger partial charge in [0.05, 0.1) is 0 Å². The third kappa shape index (κ3) is 2.44. The van der Waals surface area contributed by atoms with Crippen molar-refractivity contribution in [3.05, 3.63) is 22.8 Å². The quantitative estimate of drug-likeness (QED) is 0.435. The Morgan fingerprint density at radius 1 is 1.64 bits per heavy atom. The molecule has 57 valence electrons. The molecule has 0 aliphatic rings. The fourth-order valence-corrected chi connectivity index (χ4v) is 1.11. The lowest BCUT2D eigenvalue weighted by Gasteiger charge is -1.99. The number of rotatable bonds is 2. The summed E-state index contributed by atoms with van der Waals surface area (Å²) in [7, 11) is 0. The van der Waals surface area contributed by atoms with E-state index in [9.17, 15) is 0 Å². The van der Waals surface area contributed by atoms with Gasteiger partial charge >= 0.3 is 0 Å². The number of halogens is 1. The van der Waals surface area contributed by atoms with Crippen molar-refractivity contribution in [3.63, 3.8) is 0 Å². The van der Waals surface area contributed by atoms with Crippen LogP contribution in [0.2, 0.25) is 5.15 Å². The Balaban J connectivity index is 2.98. The minimum absolute atomic E-state index is 0.456. The number of hydrogen-bond donors (Lipinski definition) is 1. The number of anilines is 1. The van der Waals surface area contributed by atoms with Crippen molar-refractivity contribution in [1.82, 2.24) is 4.98 Å². The summed E-state index contributed by atoms with van der Waals surface area (Å²) in [6.45, 7) is 1.93. The third-order valence-corrected chi connectivity index (χ3v) is 1.41. The highest BCUT2D eigenvalue weighted by Crippen LogP contribution is 2.12. The molecular weight excluding hydrogens is 180 g/mol. The molecule has 0 unspecified atom stereocenters. The van der Waals surface area contributed by atoms with Crippen molar-refractivity contribution in [2.24, 2.45) is 0 Å². The average Bonchev–Trinajstić information content (AvgIpc) is 1.85. The van der Waals surface area contributed by atoms with Crippen molar-refractivity contribution in [2.45, 2.75) is 6.92 Å². The van der Waals surface area contributed by atoms with Crippen LogP contribution in [0.25, 0.3) is 0 Å². The fraction of sp³-hybridized carbons (Fsp3) is 0.143. The van der Waals surface area contributed by atoms with Gasteiger partial charge in [-0.15, -0.1) is 0 Å². The molecule has 2 nitrogen and oxygen atoms in total. The van der Waals surface area contributed by atoms with E-state index in [-0.39, 0.29) is 0 Å². The topological polar surface area (TPSA) is 24.9 Å². The second kappa shape index (κ2) is 3.64. The number of hydrogen-bond acceptors (Lipinski definition) is 2. The number of pyridine rings is 1. The van der Waals surface area contributed by atoms with Gasteiger partial charge in [0.25, 0.3) is 0 Å². The molecule has 0 aromatic carbocycles. The molecule has 0 saturated heterocycles. The molecule has 0 spiro atoms. The van der Waals surface area contributed by atoms with E-state index < -0.39 is 0 Å². The van der Waals surface area contributed by atoms with Gasteiger partial charge in [-0.25, -0.2) is 4.98 Å². The molecule has 0 aliphatic heterocycles. The molecule has 4 heteroatoms. The lowest BCUT2D eigenvalue weighted by atomic mass is 10.3. The van der Waals surface area contributed by atoms with E-state index in [4.69, 9.17) is 11.6 Å². The lowest BCUT2D eigenvalue weighted by molar-refractivity contribution is 1.29. The second-order valence-electron chi connectivity index (χ2n) is 2.08. The van der Waals surface area contributed by atoms with Gasteiger partial charge in [-0.2, -0.15) is 0 Å². The SMILES string of the molecule is Cc1cc(Cl)nc(N[C]=S)c1. The second-order valence-corrected chi connectivity index (χ2v) is 2.67. The van der Waals surface area contributed by atoms with Crippen molar-refractivity contribution in [2.75, 3.05) is 5.32 Å². The summed E-state index contributed by atoms with van der Waals surface area (Å²) >= 11 is 10.1. The first-order valence-corrected chi connectivity index (χ1v) is 3.78. The molecule has 0 atom stereocenters. The minimum atomic E-state index is 0.456. The Kier molecular flexibility index (Phi) is 2.79. The van der Waals surface area contributed by atoms with Gasteiger partial charge in [-0.3, -0.25) is 0 Å². The van der Waals surface area contributed by atoms with Crippen LogP contribution in [0.3, 0.4) is 0 Å².